The molecule has 0 atom stereocenters. The summed E-state index contributed by atoms with van der Waals surface area (Å²) in [6.07, 6.45) is 2.78. The van der Waals surface area contributed by atoms with E-state index >= 15 is 0 Å². The monoisotopic (exact) mass is 567 g/mol. The van der Waals surface area contributed by atoms with Crippen molar-refractivity contribution in [3.05, 3.63) is 95.6 Å². The van der Waals surface area contributed by atoms with Gasteiger partial charge >= 0.3 is 0 Å². The first-order valence-corrected chi connectivity index (χ1v) is 13.6. The molecule has 2 amide bonds. The van der Waals surface area contributed by atoms with Crippen molar-refractivity contribution < 1.29 is 9.59 Å². The highest BCUT2D eigenvalue weighted by Gasteiger charge is 2.12. The minimum Gasteiger partial charge on any atom is -0.353 e. The van der Waals surface area contributed by atoms with Gasteiger partial charge < -0.3 is 25.8 Å². The molecule has 208 valence electrons. The van der Waals surface area contributed by atoms with Crippen molar-refractivity contribution >= 4 is 57.3 Å². The molecule has 0 aliphatic heterocycles. The molecule has 0 spiro atoms. The van der Waals surface area contributed by atoms with Crippen LogP contribution in [-0.4, -0.2) is 52.3 Å². The summed E-state index contributed by atoms with van der Waals surface area (Å²) in [5.74, 6) is 0.0483. The molecular formula is C31H30ClN7O2. The van der Waals surface area contributed by atoms with E-state index in [-0.39, 0.29) is 11.8 Å². The number of hydrogen-bond acceptors (Lipinski definition) is 6. The number of nitrogens with one attached hydrogen (secondary N) is 4. The number of hydrogen-bond donors (Lipinski definition) is 4. The molecule has 41 heavy (non-hydrogen) atoms. The van der Waals surface area contributed by atoms with Crippen LogP contribution in [0.15, 0.2) is 85.1 Å². The third-order valence-electron chi connectivity index (χ3n) is 6.35. The van der Waals surface area contributed by atoms with Gasteiger partial charge in [-0.25, -0.2) is 9.97 Å². The van der Waals surface area contributed by atoms with Gasteiger partial charge in [-0.2, -0.15) is 0 Å². The number of benzene rings is 3. The van der Waals surface area contributed by atoms with Crippen LogP contribution in [0.5, 0.6) is 0 Å². The number of aromatic amines is 1. The SMILES string of the molecule is CN(C)CCCC(=O)Nc1ccc(C(=O)Nc2cccc(Nc3ncc(Cl)c(-c4cc5ccccc5[nH]4)n3)c2)cc1. The number of nitrogens with zero attached hydrogens (tertiary/aromatic N) is 3. The van der Waals surface area contributed by atoms with Gasteiger partial charge in [-0.05, 0) is 81.7 Å². The van der Waals surface area contributed by atoms with Crippen molar-refractivity contribution in [2.75, 3.05) is 36.6 Å². The highest BCUT2D eigenvalue weighted by molar-refractivity contribution is 6.32. The number of amides is 2. The van der Waals surface area contributed by atoms with E-state index in [4.69, 9.17) is 11.6 Å². The first-order chi connectivity index (χ1) is 19.8. The van der Waals surface area contributed by atoms with Gasteiger partial charge in [0, 0.05) is 39.9 Å². The Labute approximate surface area is 243 Å². The molecule has 10 heteroatoms. The van der Waals surface area contributed by atoms with Gasteiger partial charge in [0.25, 0.3) is 5.91 Å². The topological polar surface area (TPSA) is 115 Å². The third kappa shape index (κ3) is 7.27. The van der Waals surface area contributed by atoms with E-state index in [2.05, 4.69) is 30.9 Å². The van der Waals surface area contributed by atoms with Gasteiger partial charge in [0.1, 0.15) is 5.69 Å². The van der Waals surface area contributed by atoms with Crippen molar-refractivity contribution in [1.29, 1.82) is 0 Å². The maximum absolute atomic E-state index is 12.9. The summed E-state index contributed by atoms with van der Waals surface area (Å²) in [7, 11) is 3.95. The lowest BCUT2D eigenvalue weighted by Gasteiger charge is -2.11. The molecular weight excluding hydrogens is 538 g/mol. The molecule has 0 fully saturated rings. The summed E-state index contributed by atoms with van der Waals surface area (Å²) in [4.78, 5) is 39.3. The zero-order valence-electron chi connectivity index (χ0n) is 22.7. The quantitative estimate of drug-likeness (QED) is 0.152. The second-order valence-electron chi connectivity index (χ2n) is 9.85. The van der Waals surface area contributed by atoms with E-state index in [1.54, 1.807) is 42.6 Å². The lowest BCUT2D eigenvalue weighted by atomic mass is 10.1. The van der Waals surface area contributed by atoms with Crippen LogP contribution >= 0.6 is 11.6 Å². The van der Waals surface area contributed by atoms with Crippen LogP contribution in [0.25, 0.3) is 22.3 Å². The van der Waals surface area contributed by atoms with Gasteiger partial charge in [0.05, 0.1) is 16.9 Å². The summed E-state index contributed by atoms with van der Waals surface area (Å²) in [6.45, 7) is 0.849. The Morgan fingerprint density at radius 3 is 2.46 bits per heavy atom. The van der Waals surface area contributed by atoms with Crippen LogP contribution in [0, 0.1) is 0 Å². The summed E-state index contributed by atoms with van der Waals surface area (Å²) >= 11 is 6.42. The Bertz CT molecular complexity index is 1650. The number of fused-ring (bicyclic) bond motifs is 1. The molecule has 0 bridgehead atoms. The smallest absolute Gasteiger partial charge is 0.255 e. The van der Waals surface area contributed by atoms with E-state index in [1.165, 1.54) is 0 Å². The van der Waals surface area contributed by atoms with Crippen LogP contribution in [0.3, 0.4) is 0 Å². The molecule has 3 aromatic carbocycles. The zero-order chi connectivity index (χ0) is 28.8. The summed E-state index contributed by atoms with van der Waals surface area (Å²) in [5, 5.41) is 10.4. The number of aromatic nitrogens is 3. The average Bonchev–Trinajstić information content (AvgIpc) is 3.39. The van der Waals surface area contributed by atoms with Crippen LogP contribution in [0.2, 0.25) is 5.02 Å². The lowest BCUT2D eigenvalue weighted by Crippen LogP contribution is -2.17. The van der Waals surface area contributed by atoms with Crippen LogP contribution in [0.4, 0.5) is 23.0 Å². The predicted molar refractivity (Wildman–Crippen MR) is 165 cm³/mol. The number of carbonyl (C=O) groups excluding carboxylic acids is 2. The second kappa shape index (κ2) is 12.6. The Morgan fingerprint density at radius 2 is 1.68 bits per heavy atom. The van der Waals surface area contributed by atoms with Gasteiger partial charge in [-0.3, -0.25) is 9.59 Å². The second-order valence-corrected chi connectivity index (χ2v) is 10.3. The van der Waals surface area contributed by atoms with E-state index in [1.807, 2.05) is 61.5 Å². The number of rotatable bonds is 10. The molecule has 2 aromatic heterocycles. The number of carbonyl (C=O) groups is 2. The fourth-order valence-corrected chi connectivity index (χ4v) is 4.50. The Balaban J connectivity index is 1.22. The number of para-hydroxylation sites is 1. The standard InChI is InChI=1S/C31H30ClN7O2/c1-39(2)16-6-11-28(40)34-22-14-12-20(13-15-22)30(41)35-23-8-5-9-24(18-23)36-31-33-19-25(32)29(38-31)27-17-21-7-3-4-10-26(21)37-27/h3-5,7-10,12-15,17-19,37H,6,11,16H2,1-2H3,(H,34,40)(H,35,41)(H,33,36,38). The van der Waals surface area contributed by atoms with Gasteiger partial charge in [-0.1, -0.05) is 35.9 Å². The minimum absolute atomic E-state index is 0.0496. The highest BCUT2D eigenvalue weighted by atomic mass is 35.5. The summed E-state index contributed by atoms with van der Waals surface area (Å²) in [6, 6.07) is 24.0. The molecule has 5 aromatic rings. The van der Waals surface area contributed by atoms with Crippen molar-refractivity contribution in [3.63, 3.8) is 0 Å². The van der Waals surface area contributed by atoms with E-state index in [9.17, 15) is 9.59 Å². The maximum atomic E-state index is 12.9. The fraction of sp³-hybridized carbons (Fsp3) is 0.161. The fourth-order valence-electron chi connectivity index (χ4n) is 4.31. The molecule has 2 heterocycles. The summed E-state index contributed by atoms with van der Waals surface area (Å²) < 4.78 is 0. The maximum Gasteiger partial charge on any atom is 0.255 e. The minimum atomic E-state index is -0.269. The van der Waals surface area contributed by atoms with Gasteiger partial charge in [0.15, 0.2) is 0 Å². The molecule has 0 saturated heterocycles. The van der Waals surface area contributed by atoms with E-state index in [0.717, 1.165) is 29.6 Å². The van der Waals surface area contributed by atoms with E-state index < -0.39 is 0 Å². The van der Waals surface area contributed by atoms with Crippen LogP contribution in [-0.2, 0) is 4.79 Å². The van der Waals surface area contributed by atoms with Crippen molar-refractivity contribution in [2.24, 2.45) is 0 Å². The zero-order valence-corrected chi connectivity index (χ0v) is 23.5. The van der Waals surface area contributed by atoms with E-state index in [0.29, 0.717) is 45.7 Å². The molecule has 0 unspecified atom stereocenters. The van der Waals surface area contributed by atoms with Crippen LogP contribution < -0.4 is 16.0 Å². The number of halogens is 1. The highest BCUT2D eigenvalue weighted by Crippen LogP contribution is 2.29. The average molecular weight is 568 g/mol. The number of anilines is 4. The van der Waals surface area contributed by atoms with Crippen molar-refractivity contribution in [1.82, 2.24) is 19.9 Å². The van der Waals surface area contributed by atoms with Gasteiger partial charge in [0.2, 0.25) is 11.9 Å². The van der Waals surface area contributed by atoms with Crippen molar-refractivity contribution in [3.8, 4) is 11.4 Å². The molecule has 4 N–H and O–H groups in total. The first-order valence-electron chi connectivity index (χ1n) is 13.2. The Morgan fingerprint density at radius 1 is 0.902 bits per heavy atom. The molecule has 0 aliphatic rings. The summed E-state index contributed by atoms with van der Waals surface area (Å²) in [5.41, 5.74) is 4.78. The largest absolute Gasteiger partial charge is 0.353 e. The third-order valence-corrected chi connectivity index (χ3v) is 6.62. The normalized spacial score (nSPS) is 11.0. The molecule has 0 saturated carbocycles. The molecule has 5 rings (SSSR count). The Hall–Kier alpha value is -4.73. The molecule has 9 nitrogen and oxygen atoms in total. The van der Waals surface area contributed by atoms with Gasteiger partial charge in [-0.15, -0.1) is 0 Å². The number of H-pyrrole nitrogens is 1. The van der Waals surface area contributed by atoms with Crippen molar-refractivity contribution in [2.45, 2.75) is 12.8 Å². The molecule has 0 radical (unpaired) electrons. The Kier molecular flexibility index (Phi) is 8.57. The lowest BCUT2D eigenvalue weighted by molar-refractivity contribution is -0.116. The molecule has 0 aliphatic carbocycles. The predicted octanol–water partition coefficient (Wildman–Crippen LogP) is 6.55. The van der Waals surface area contributed by atoms with Crippen LogP contribution in [0.1, 0.15) is 23.2 Å². The first kappa shape index (κ1) is 27.8.